The van der Waals surface area contributed by atoms with Gasteiger partial charge in [-0.15, -0.1) is 11.3 Å². The molecule has 1 unspecified atom stereocenters. The van der Waals surface area contributed by atoms with E-state index >= 15 is 0 Å². The third-order valence-electron chi connectivity index (χ3n) is 5.11. The number of carbonyl (C=O) groups is 2. The van der Waals surface area contributed by atoms with Crippen molar-refractivity contribution in [2.75, 3.05) is 19.8 Å². The lowest BCUT2D eigenvalue weighted by Gasteiger charge is -2.27. The first-order valence-corrected chi connectivity index (χ1v) is 9.67. The van der Waals surface area contributed by atoms with Crippen molar-refractivity contribution in [1.82, 2.24) is 5.32 Å². The van der Waals surface area contributed by atoms with Crippen LogP contribution in [0.1, 0.15) is 52.2 Å². The SMILES string of the molecule is O=C(NCC(C(=O)O)C1CCOCC1)c1cc2c(s1)CCCCC2. The Morgan fingerprint density at radius 1 is 1.25 bits per heavy atom. The number of thiophene rings is 1. The molecular formula is C18H25NO4S. The summed E-state index contributed by atoms with van der Waals surface area (Å²) in [5.74, 6) is -1.41. The van der Waals surface area contributed by atoms with Gasteiger partial charge in [-0.25, -0.2) is 0 Å². The van der Waals surface area contributed by atoms with Crippen molar-refractivity contribution in [2.45, 2.75) is 44.9 Å². The summed E-state index contributed by atoms with van der Waals surface area (Å²) < 4.78 is 5.30. The van der Waals surface area contributed by atoms with Crippen LogP contribution in [0.15, 0.2) is 6.07 Å². The van der Waals surface area contributed by atoms with Crippen LogP contribution in [-0.2, 0) is 22.4 Å². The fourth-order valence-corrected chi connectivity index (χ4v) is 4.81. The van der Waals surface area contributed by atoms with Crippen LogP contribution in [0.25, 0.3) is 0 Å². The zero-order chi connectivity index (χ0) is 16.9. The molecule has 0 aromatic carbocycles. The van der Waals surface area contributed by atoms with Crippen molar-refractivity contribution in [3.05, 3.63) is 21.4 Å². The lowest BCUT2D eigenvalue weighted by atomic mass is 9.86. The summed E-state index contributed by atoms with van der Waals surface area (Å²) in [5, 5.41) is 12.3. The van der Waals surface area contributed by atoms with Gasteiger partial charge in [0.1, 0.15) is 0 Å². The monoisotopic (exact) mass is 351 g/mol. The molecule has 2 aliphatic rings. The number of amides is 1. The van der Waals surface area contributed by atoms with Gasteiger partial charge in [0.05, 0.1) is 10.8 Å². The second-order valence-electron chi connectivity index (χ2n) is 6.72. The average Bonchev–Trinajstić information content (AvgIpc) is 2.86. The van der Waals surface area contributed by atoms with Gasteiger partial charge in [-0.3, -0.25) is 9.59 Å². The summed E-state index contributed by atoms with van der Waals surface area (Å²) in [5.41, 5.74) is 1.31. The second kappa shape index (κ2) is 8.12. The molecule has 24 heavy (non-hydrogen) atoms. The Morgan fingerprint density at radius 2 is 2.00 bits per heavy atom. The largest absolute Gasteiger partial charge is 0.481 e. The van der Waals surface area contributed by atoms with Gasteiger partial charge < -0.3 is 15.2 Å². The average molecular weight is 351 g/mol. The Kier molecular flexibility index (Phi) is 5.89. The molecule has 1 aliphatic carbocycles. The van der Waals surface area contributed by atoms with Crippen LogP contribution < -0.4 is 5.32 Å². The summed E-state index contributed by atoms with van der Waals surface area (Å²) in [6.07, 6.45) is 7.26. The molecule has 132 valence electrons. The van der Waals surface area contributed by atoms with Crippen LogP contribution in [0, 0.1) is 11.8 Å². The summed E-state index contributed by atoms with van der Waals surface area (Å²) in [4.78, 5) is 26.0. The highest BCUT2D eigenvalue weighted by Gasteiger charge is 2.30. The third-order valence-corrected chi connectivity index (χ3v) is 6.34. The molecule has 2 heterocycles. The van der Waals surface area contributed by atoms with E-state index < -0.39 is 11.9 Å². The molecule has 5 nitrogen and oxygen atoms in total. The maximum absolute atomic E-state index is 12.4. The molecule has 0 radical (unpaired) electrons. The molecular weight excluding hydrogens is 326 g/mol. The quantitative estimate of drug-likeness (QED) is 0.800. The molecule has 0 bridgehead atoms. The van der Waals surface area contributed by atoms with E-state index in [-0.39, 0.29) is 18.4 Å². The first-order chi connectivity index (χ1) is 11.6. The van der Waals surface area contributed by atoms with E-state index in [9.17, 15) is 14.7 Å². The molecule has 1 saturated heterocycles. The molecule has 1 amide bonds. The number of aliphatic carboxylic acids is 1. The summed E-state index contributed by atoms with van der Waals surface area (Å²) in [7, 11) is 0. The van der Waals surface area contributed by atoms with Crippen molar-refractivity contribution < 1.29 is 19.4 Å². The van der Waals surface area contributed by atoms with Gasteiger partial charge in [-0.2, -0.15) is 0 Å². The predicted octanol–water partition coefficient (Wildman–Crippen LogP) is 2.87. The van der Waals surface area contributed by atoms with Crippen molar-refractivity contribution in [1.29, 1.82) is 0 Å². The number of aryl methyl sites for hydroxylation is 2. The summed E-state index contributed by atoms with van der Waals surface area (Å²) in [6, 6.07) is 2.00. The highest BCUT2D eigenvalue weighted by molar-refractivity contribution is 7.14. The lowest BCUT2D eigenvalue weighted by Crippen LogP contribution is -2.38. The van der Waals surface area contributed by atoms with Crippen LogP contribution in [0.3, 0.4) is 0 Å². The highest BCUT2D eigenvalue weighted by atomic mass is 32.1. The minimum atomic E-state index is -0.829. The van der Waals surface area contributed by atoms with Gasteiger partial charge in [-0.05, 0) is 56.1 Å². The number of hydrogen-bond donors (Lipinski definition) is 2. The van der Waals surface area contributed by atoms with Crippen molar-refractivity contribution in [3.63, 3.8) is 0 Å². The third kappa shape index (κ3) is 4.16. The van der Waals surface area contributed by atoms with Crippen LogP contribution in [-0.4, -0.2) is 36.7 Å². The number of nitrogens with one attached hydrogen (secondary N) is 1. The van der Waals surface area contributed by atoms with Gasteiger partial charge in [0.15, 0.2) is 0 Å². The Morgan fingerprint density at radius 3 is 2.75 bits per heavy atom. The van der Waals surface area contributed by atoms with Crippen molar-refractivity contribution in [3.8, 4) is 0 Å². The van der Waals surface area contributed by atoms with Gasteiger partial charge >= 0.3 is 5.97 Å². The number of carboxylic acids is 1. The van der Waals surface area contributed by atoms with E-state index in [2.05, 4.69) is 5.32 Å². The fourth-order valence-electron chi connectivity index (χ4n) is 3.64. The summed E-state index contributed by atoms with van der Waals surface area (Å²) in [6.45, 7) is 1.42. The molecule has 6 heteroatoms. The Balaban J connectivity index is 1.60. The molecule has 1 fully saturated rings. The van der Waals surface area contributed by atoms with E-state index in [1.807, 2.05) is 6.07 Å². The predicted molar refractivity (Wildman–Crippen MR) is 92.6 cm³/mol. The number of carboxylic acid groups (broad SMARTS) is 1. The zero-order valence-corrected chi connectivity index (χ0v) is 14.7. The smallest absolute Gasteiger partial charge is 0.308 e. The van der Waals surface area contributed by atoms with Crippen molar-refractivity contribution in [2.24, 2.45) is 11.8 Å². The minimum absolute atomic E-state index is 0.0802. The zero-order valence-electron chi connectivity index (χ0n) is 13.9. The van der Waals surface area contributed by atoms with Gasteiger partial charge in [0, 0.05) is 24.6 Å². The molecule has 3 rings (SSSR count). The lowest BCUT2D eigenvalue weighted by molar-refractivity contribution is -0.144. The second-order valence-corrected chi connectivity index (χ2v) is 7.86. The number of carbonyl (C=O) groups excluding carboxylic acids is 1. The van der Waals surface area contributed by atoms with E-state index in [4.69, 9.17) is 4.74 Å². The van der Waals surface area contributed by atoms with E-state index in [1.54, 1.807) is 11.3 Å². The highest BCUT2D eigenvalue weighted by Crippen LogP contribution is 2.29. The molecule has 0 saturated carbocycles. The van der Waals surface area contributed by atoms with Crippen LogP contribution in [0.2, 0.25) is 0 Å². The van der Waals surface area contributed by atoms with E-state index in [1.165, 1.54) is 29.7 Å². The van der Waals surface area contributed by atoms with Gasteiger partial charge in [0.2, 0.25) is 0 Å². The van der Waals surface area contributed by atoms with Crippen molar-refractivity contribution >= 4 is 23.2 Å². The minimum Gasteiger partial charge on any atom is -0.481 e. The van der Waals surface area contributed by atoms with Gasteiger partial charge in [-0.1, -0.05) is 6.42 Å². The first-order valence-electron chi connectivity index (χ1n) is 8.85. The standard InChI is InChI=1S/C18H25NO4S/c20-17(16-10-13-4-2-1-3-5-15(13)24-16)19-11-14(18(21)22)12-6-8-23-9-7-12/h10,12,14H,1-9,11H2,(H,19,20)(H,21,22). The van der Waals surface area contributed by atoms with Gasteiger partial charge in [0.25, 0.3) is 5.91 Å². The van der Waals surface area contributed by atoms with Crippen LogP contribution in [0.5, 0.6) is 0 Å². The Hall–Kier alpha value is -1.40. The molecule has 1 atom stereocenters. The summed E-state index contributed by atoms with van der Waals surface area (Å²) >= 11 is 1.57. The van der Waals surface area contributed by atoms with E-state index in [0.717, 1.165) is 30.6 Å². The molecule has 1 aliphatic heterocycles. The molecule has 2 N–H and O–H groups in total. The number of fused-ring (bicyclic) bond motifs is 1. The number of rotatable bonds is 5. The Bertz CT molecular complexity index is 568. The fraction of sp³-hybridized carbons (Fsp3) is 0.667. The normalized spacial score (nSPS) is 20.0. The Labute approximate surface area is 146 Å². The van der Waals surface area contributed by atoms with E-state index in [0.29, 0.717) is 13.2 Å². The first kappa shape index (κ1) is 17.4. The topological polar surface area (TPSA) is 75.6 Å². The molecule has 1 aromatic rings. The number of hydrogen-bond acceptors (Lipinski definition) is 4. The molecule has 1 aromatic heterocycles. The maximum atomic E-state index is 12.4. The van der Waals surface area contributed by atoms with Crippen LogP contribution >= 0.6 is 11.3 Å². The van der Waals surface area contributed by atoms with Crippen LogP contribution in [0.4, 0.5) is 0 Å². The molecule has 0 spiro atoms. The number of ether oxygens (including phenoxy) is 1. The maximum Gasteiger partial charge on any atom is 0.308 e.